The van der Waals surface area contributed by atoms with Crippen molar-refractivity contribution >= 4 is 28.0 Å². The number of fused-ring (bicyclic) bond motifs is 2. The number of aromatic nitrogens is 2. The number of halogens is 4. The van der Waals surface area contributed by atoms with E-state index in [1.165, 1.54) is 4.40 Å². The van der Waals surface area contributed by atoms with Crippen molar-refractivity contribution in [1.29, 1.82) is 0 Å². The van der Waals surface area contributed by atoms with Gasteiger partial charge in [0.2, 0.25) is 0 Å². The second kappa shape index (κ2) is 6.00. The van der Waals surface area contributed by atoms with Gasteiger partial charge in [0.05, 0.1) is 22.0 Å². The number of pyridine rings is 1. The van der Waals surface area contributed by atoms with Crippen molar-refractivity contribution in [2.75, 3.05) is 0 Å². The predicted molar refractivity (Wildman–Crippen MR) is 96.0 cm³/mol. The lowest BCUT2D eigenvalue weighted by Gasteiger charge is -2.09. The predicted octanol–water partition coefficient (Wildman–Crippen LogP) is 5.29. The van der Waals surface area contributed by atoms with Gasteiger partial charge in [0.15, 0.2) is 5.65 Å². The molecule has 0 unspecified atom stereocenters. The van der Waals surface area contributed by atoms with Crippen molar-refractivity contribution in [3.63, 3.8) is 0 Å². The van der Waals surface area contributed by atoms with Crippen LogP contribution in [0.2, 0.25) is 5.02 Å². The molecule has 3 nitrogen and oxygen atoms in total. The molecule has 0 saturated heterocycles. The van der Waals surface area contributed by atoms with E-state index in [2.05, 4.69) is 4.98 Å². The molecule has 0 amide bonds. The third-order valence-electron chi connectivity index (χ3n) is 4.32. The second-order valence-corrected chi connectivity index (χ2v) is 6.35. The average Bonchev–Trinajstić information content (AvgIpc) is 2.99. The van der Waals surface area contributed by atoms with Crippen molar-refractivity contribution in [3.8, 4) is 11.3 Å². The quantitative estimate of drug-likeness (QED) is 0.517. The summed E-state index contributed by atoms with van der Waals surface area (Å²) < 4.78 is 40.7. The van der Waals surface area contributed by atoms with Crippen LogP contribution in [0.3, 0.4) is 0 Å². The maximum Gasteiger partial charge on any atom is 0.417 e. The van der Waals surface area contributed by atoms with E-state index in [1.54, 1.807) is 0 Å². The molecule has 0 spiro atoms. The molecule has 26 heavy (non-hydrogen) atoms. The Kier molecular flexibility index (Phi) is 3.89. The first-order valence-corrected chi connectivity index (χ1v) is 8.23. The molecule has 0 aliphatic heterocycles. The molecule has 2 aromatic heterocycles. The van der Waals surface area contributed by atoms with Crippen molar-refractivity contribution in [2.24, 2.45) is 5.73 Å². The Morgan fingerprint density at radius 1 is 1.04 bits per heavy atom. The Morgan fingerprint density at radius 3 is 2.46 bits per heavy atom. The number of benzene rings is 2. The van der Waals surface area contributed by atoms with E-state index in [-0.39, 0.29) is 17.2 Å². The lowest BCUT2D eigenvalue weighted by atomic mass is 10.0. The van der Waals surface area contributed by atoms with Gasteiger partial charge in [0.1, 0.15) is 0 Å². The number of nitrogens with zero attached hydrogens (tertiary/aromatic N) is 2. The molecule has 7 heteroatoms. The third-order valence-corrected chi connectivity index (χ3v) is 4.60. The summed E-state index contributed by atoms with van der Waals surface area (Å²) in [6.45, 7) is 0.0287. The van der Waals surface area contributed by atoms with Gasteiger partial charge in [-0.3, -0.25) is 0 Å². The lowest BCUT2D eigenvalue weighted by molar-refractivity contribution is -0.137. The maximum absolute atomic E-state index is 13.1. The summed E-state index contributed by atoms with van der Waals surface area (Å²) in [6, 6.07) is 14.5. The van der Waals surface area contributed by atoms with Gasteiger partial charge in [0, 0.05) is 18.3 Å². The number of imidazole rings is 1. The fourth-order valence-electron chi connectivity index (χ4n) is 3.07. The number of hydrogen-bond donors (Lipinski definition) is 1. The Balaban J connectivity index is 1.98. The molecule has 4 aromatic rings. The van der Waals surface area contributed by atoms with Crippen LogP contribution in [0.1, 0.15) is 11.3 Å². The Hall–Kier alpha value is -2.57. The molecule has 2 N–H and O–H groups in total. The fraction of sp³-hybridized carbons (Fsp3) is 0.105. The molecule has 2 heterocycles. The first-order valence-electron chi connectivity index (χ1n) is 7.85. The topological polar surface area (TPSA) is 43.3 Å². The van der Waals surface area contributed by atoms with Crippen LogP contribution in [0.5, 0.6) is 0 Å². The average molecular weight is 376 g/mol. The van der Waals surface area contributed by atoms with E-state index in [1.807, 2.05) is 42.5 Å². The van der Waals surface area contributed by atoms with Crippen LogP contribution in [-0.4, -0.2) is 9.38 Å². The first-order chi connectivity index (χ1) is 12.4. The van der Waals surface area contributed by atoms with Crippen LogP contribution >= 0.6 is 11.6 Å². The van der Waals surface area contributed by atoms with Crippen LogP contribution in [0.15, 0.2) is 54.7 Å². The van der Waals surface area contributed by atoms with Crippen molar-refractivity contribution in [2.45, 2.75) is 12.7 Å². The largest absolute Gasteiger partial charge is 0.417 e. The van der Waals surface area contributed by atoms with Gasteiger partial charge in [-0.15, -0.1) is 0 Å². The fourth-order valence-corrected chi connectivity index (χ4v) is 3.32. The highest BCUT2D eigenvalue weighted by atomic mass is 35.5. The summed E-state index contributed by atoms with van der Waals surface area (Å²) in [5, 5.41) is 2.00. The Morgan fingerprint density at radius 2 is 1.77 bits per heavy atom. The second-order valence-electron chi connectivity index (χ2n) is 5.94. The lowest BCUT2D eigenvalue weighted by Crippen LogP contribution is -2.09. The molecule has 0 aliphatic carbocycles. The first kappa shape index (κ1) is 16.9. The molecule has 0 atom stereocenters. The van der Waals surface area contributed by atoms with Crippen LogP contribution < -0.4 is 5.73 Å². The van der Waals surface area contributed by atoms with E-state index in [4.69, 9.17) is 17.3 Å². The van der Waals surface area contributed by atoms with E-state index in [0.717, 1.165) is 28.6 Å². The number of hydrogen-bond acceptors (Lipinski definition) is 2. The minimum Gasteiger partial charge on any atom is -0.325 e. The monoisotopic (exact) mass is 375 g/mol. The highest BCUT2D eigenvalue weighted by Crippen LogP contribution is 2.35. The number of alkyl halides is 3. The summed E-state index contributed by atoms with van der Waals surface area (Å²) in [7, 11) is 0. The van der Waals surface area contributed by atoms with Gasteiger partial charge in [-0.2, -0.15) is 13.2 Å². The van der Waals surface area contributed by atoms with Crippen LogP contribution in [0.25, 0.3) is 27.7 Å². The van der Waals surface area contributed by atoms with Gasteiger partial charge in [-0.1, -0.05) is 48.0 Å². The Labute approximate surface area is 151 Å². The molecule has 0 radical (unpaired) electrons. The molecule has 132 valence electrons. The third kappa shape index (κ3) is 2.71. The summed E-state index contributed by atoms with van der Waals surface area (Å²) in [5.41, 5.74) is 7.03. The highest BCUT2D eigenvalue weighted by molar-refractivity contribution is 6.33. The van der Waals surface area contributed by atoms with Gasteiger partial charge >= 0.3 is 6.18 Å². The summed E-state index contributed by atoms with van der Waals surface area (Å²) in [6.07, 6.45) is -3.52. The standard InChI is InChI=1S/C19H13ClF3N3/c20-15-8-14(19(21,22)23)10-26-16(9-24)17(25-18(15)26)13-6-5-11-3-1-2-4-12(11)7-13/h1-8,10H,9,24H2. The zero-order chi connectivity index (χ0) is 18.5. The van der Waals surface area contributed by atoms with Gasteiger partial charge in [-0.25, -0.2) is 4.98 Å². The van der Waals surface area contributed by atoms with Crippen molar-refractivity contribution in [1.82, 2.24) is 9.38 Å². The van der Waals surface area contributed by atoms with Gasteiger partial charge in [-0.05, 0) is 22.9 Å². The van der Waals surface area contributed by atoms with Crippen LogP contribution in [-0.2, 0) is 12.7 Å². The molecular formula is C19H13ClF3N3. The summed E-state index contributed by atoms with van der Waals surface area (Å²) in [5.74, 6) is 0. The van der Waals surface area contributed by atoms with E-state index in [9.17, 15) is 13.2 Å². The maximum atomic E-state index is 13.1. The Bertz CT molecular complexity index is 1130. The SMILES string of the molecule is NCc1c(-c2ccc3ccccc3c2)nc2c(Cl)cc(C(F)(F)F)cn12. The molecule has 2 aromatic carbocycles. The van der Waals surface area contributed by atoms with Crippen LogP contribution in [0.4, 0.5) is 13.2 Å². The summed E-state index contributed by atoms with van der Waals surface area (Å²) >= 11 is 6.07. The highest BCUT2D eigenvalue weighted by Gasteiger charge is 2.32. The van der Waals surface area contributed by atoms with E-state index < -0.39 is 11.7 Å². The van der Waals surface area contributed by atoms with Gasteiger partial charge in [0.25, 0.3) is 0 Å². The summed E-state index contributed by atoms with van der Waals surface area (Å²) in [4.78, 5) is 4.47. The molecular weight excluding hydrogens is 363 g/mol. The molecule has 0 fully saturated rings. The molecule has 0 bridgehead atoms. The minimum absolute atomic E-state index is 0.0287. The number of rotatable bonds is 2. The molecule has 0 aliphatic rings. The normalized spacial score (nSPS) is 12.2. The van der Waals surface area contributed by atoms with E-state index in [0.29, 0.717) is 11.4 Å². The number of nitrogens with two attached hydrogens (primary N) is 1. The van der Waals surface area contributed by atoms with Crippen LogP contribution in [0, 0.1) is 0 Å². The minimum atomic E-state index is -4.50. The van der Waals surface area contributed by atoms with Crippen molar-refractivity contribution in [3.05, 3.63) is 71.0 Å². The molecule has 0 saturated carbocycles. The molecule has 4 rings (SSSR count). The van der Waals surface area contributed by atoms with Crippen molar-refractivity contribution < 1.29 is 13.2 Å². The zero-order valence-electron chi connectivity index (χ0n) is 13.4. The van der Waals surface area contributed by atoms with E-state index >= 15 is 0 Å². The van der Waals surface area contributed by atoms with Gasteiger partial charge < -0.3 is 10.1 Å². The smallest absolute Gasteiger partial charge is 0.325 e. The zero-order valence-corrected chi connectivity index (χ0v) is 14.1.